The Labute approximate surface area is 137 Å². The molecule has 1 saturated heterocycles. The SMILES string of the molecule is CC[C@@H](C)NS(=O)(=O)c1ccc(C(=O)N2CCO[C@@H](C)C2)cc1. The predicted octanol–water partition coefficient (Wildman–Crippen LogP) is 1.62. The summed E-state index contributed by atoms with van der Waals surface area (Å²) in [5.41, 5.74) is 0.488. The van der Waals surface area contributed by atoms with Gasteiger partial charge >= 0.3 is 0 Å². The minimum absolute atomic E-state index is 0.0204. The number of morpholine rings is 1. The van der Waals surface area contributed by atoms with Crippen LogP contribution in [0.3, 0.4) is 0 Å². The summed E-state index contributed by atoms with van der Waals surface area (Å²) >= 11 is 0. The van der Waals surface area contributed by atoms with Crippen LogP contribution in [0.5, 0.6) is 0 Å². The first-order chi connectivity index (χ1) is 10.8. The molecule has 1 N–H and O–H groups in total. The van der Waals surface area contributed by atoms with Crippen molar-refractivity contribution in [1.82, 2.24) is 9.62 Å². The molecule has 1 aliphatic rings. The molecule has 1 fully saturated rings. The lowest BCUT2D eigenvalue weighted by Crippen LogP contribution is -2.44. The lowest BCUT2D eigenvalue weighted by atomic mass is 10.2. The van der Waals surface area contributed by atoms with E-state index in [0.29, 0.717) is 31.7 Å². The fourth-order valence-electron chi connectivity index (χ4n) is 2.38. The molecule has 0 radical (unpaired) electrons. The highest BCUT2D eigenvalue weighted by Gasteiger charge is 2.23. The number of benzene rings is 1. The zero-order valence-corrected chi connectivity index (χ0v) is 14.6. The number of ether oxygens (including phenoxy) is 1. The fourth-order valence-corrected chi connectivity index (χ4v) is 3.71. The quantitative estimate of drug-likeness (QED) is 0.884. The molecule has 6 nitrogen and oxygen atoms in total. The first kappa shape index (κ1) is 17.9. The Hall–Kier alpha value is -1.44. The first-order valence-electron chi connectivity index (χ1n) is 7.86. The van der Waals surface area contributed by atoms with Gasteiger partial charge in [0.25, 0.3) is 5.91 Å². The second-order valence-electron chi connectivity index (χ2n) is 5.89. The third kappa shape index (κ3) is 4.53. The number of carbonyl (C=O) groups excluding carboxylic acids is 1. The molecular weight excluding hydrogens is 316 g/mol. The zero-order valence-electron chi connectivity index (χ0n) is 13.8. The third-order valence-electron chi connectivity index (χ3n) is 3.91. The van der Waals surface area contributed by atoms with Crippen molar-refractivity contribution in [2.45, 2.75) is 44.2 Å². The fraction of sp³-hybridized carbons (Fsp3) is 0.562. The van der Waals surface area contributed by atoms with Gasteiger partial charge in [-0.05, 0) is 44.5 Å². The second-order valence-corrected chi connectivity index (χ2v) is 7.60. The molecule has 0 aliphatic carbocycles. The summed E-state index contributed by atoms with van der Waals surface area (Å²) in [4.78, 5) is 14.3. The zero-order chi connectivity index (χ0) is 17.0. The molecule has 1 aromatic rings. The normalized spacial score (nSPS) is 20.3. The average molecular weight is 340 g/mol. The number of carbonyl (C=O) groups is 1. The molecule has 0 spiro atoms. The van der Waals surface area contributed by atoms with E-state index in [-0.39, 0.29) is 22.9 Å². The van der Waals surface area contributed by atoms with Crippen molar-refractivity contribution in [3.8, 4) is 0 Å². The van der Waals surface area contributed by atoms with Crippen LogP contribution >= 0.6 is 0 Å². The van der Waals surface area contributed by atoms with E-state index in [4.69, 9.17) is 4.74 Å². The van der Waals surface area contributed by atoms with Gasteiger partial charge in [0.05, 0.1) is 17.6 Å². The van der Waals surface area contributed by atoms with Crippen LogP contribution in [0.1, 0.15) is 37.6 Å². The summed E-state index contributed by atoms with van der Waals surface area (Å²) in [6, 6.07) is 5.95. The van der Waals surface area contributed by atoms with Crippen LogP contribution in [0.15, 0.2) is 29.2 Å². The Morgan fingerprint density at radius 1 is 1.39 bits per heavy atom. The molecule has 0 unspecified atom stereocenters. The molecule has 1 heterocycles. The van der Waals surface area contributed by atoms with Crippen LogP contribution in [-0.4, -0.2) is 51.1 Å². The van der Waals surface area contributed by atoms with Crippen LogP contribution < -0.4 is 4.72 Å². The number of nitrogens with one attached hydrogen (secondary N) is 1. The number of hydrogen-bond donors (Lipinski definition) is 1. The van der Waals surface area contributed by atoms with Crippen LogP contribution in [0.2, 0.25) is 0 Å². The van der Waals surface area contributed by atoms with E-state index in [1.807, 2.05) is 20.8 Å². The van der Waals surface area contributed by atoms with Crippen molar-refractivity contribution in [1.29, 1.82) is 0 Å². The van der Waals surface area contributed by atoms with E-state index in [9.17, 15) is 13.2 Å². The summed E-state index contributed by atoms with van der Waals surface area (Å²) in [5, 5.41) is 0. The maximum absolute atomic E-state index is 12.4. The summed E-state index contributed by atoms with van der Waals surface area (Å²) in [6.07, 6.45) is 0.734. The molecule has 1 amide bonds. The summed E-state index contributed by atoms with van der Waals surface area (Å²) in [7, 11) is -3.54. The van der Waals surface area contributed by atoms with Crippen LogP contribution in [0.25, 0.3) is 0 Å². The summed E-state index contributed by atoms with van der Waals surface area (Å²) in [6.45, 7) is 7.29. The highest BCUT2D eigenvalue weighted by atomic mass is 32.2. The van der Waals surface area contributed by atoms with Gasteiger partial charge in [-0.1, -0.05) is 6.92 Å². The Bertz CT molecular complexity index is 643. The predicted molar refractivity (Wildman–Crippen MR) is 87.8 cm³/mol. The van der Waals surface area contributed by atoms with Gasteiger partial charge in [0, 0.05) is 24.7 Å². The van der Waals surface area contributed by atoms with E-state index >= 15 is 0 Å². The van der Waals surface area contributed by atoms with Crippen LogP contribution in [0.4, 0.5) is 0 Å². The van der Waals surface area contributed by atoms with Crippen molar-refractivity contribution in [2.75, 3.05) is 19.7 Å². The Morgan fingerprint density at radius 3 is 2.61 bits per heavy atom. The third-order valence-corrected chi connectivity index (χ3v) is 5.51. The van der Waals surface area contributed by atoms with Gasteiger partial charge in [0.15, 0.2) is 0 Å². The monoisotopic (exact) mass is 340 g/mol. The maximum Gasteiger partial charge on any atom is 0.254 e. The maximum atomic E-state index is 12.4. The van der Waals surface area contributed by atoms with E-state index in [0.717, 1.165) is 0 Å². The molecule has 128 valence electrons. The molecule has 0 bridgehead atoms. The van der Waals surface area contributed by atoms with Gasteiger partial charge in [-0.3, -0.25) is 4.79 Å². The minimum atomic E-state index is -3.54. The van der Waals surface area contributed by atoms with Crippen LogP contribution in [0, 0.1) is 0 Å². The second kappa shape index (κ2) is 7.42. The standard InChI is InChI=1S/C16H24N2O4S/c1-4-12(2)17-23(20,21)15-7-5-14(6-8-15)16(19)18-9-10-22-13(3)11-18/h5-8,12-13,17H,4,9-11H2,1-3H3/t12-,13+/m1/s1. The lowest BCUT2D eigenvalue weighted by molar-refractivity contribution is -0.0124. The Balaban J connectivity index is 2.11. The van der Waals surface area contributed by atoms with Gasteiger partial charge in [-0.25, -0.2) is 13.1 Å². The van der Waals surface area contributed by atoms with Gasteiger partial charge in [0.1, 0.15) is 0 Å². The lowest BCUT2D eigenvalue weighted by Gasteiger charge is -2.31. The minimum Gasteiger partial charge on any atom is -0.375 e. The number of hydrogen-bond acceptors (Lipinski definition) is 4. The molecule has 2 atom stereocenters. The molecule has 0 saturated carbocycles. The highest BCUT2D eigenvalue weighted by molar-refractivity contribution is 7.89. The highest BCUT2D eigenvalue weighted by Crippen LogP contribution is 2.15. The van der Waals surface area contributed by atoms with Crippen LogP contribution in [-0.2, 0) is 14.8 Å². The number of rotatable bonds is 5. The molecule has 1 aliphatic heterocycles. The van der Waals surface area contributed by atoms with Gasteiger partial charge in [-0.15, -0.1) is 0 Å². The van der Waals surface area contributed by atoms with Crippen molar-refractivity contribution in [2.24, 2.45) is 0 Å². The number of amides is 1. The molecule has 1 aromatic carbocycles. The number of sulfonamides is 1. The summed E-state index contributed by atoms with van der Waals surface area (Å²) < 4.78 is 32.4. The van der Waals surface area contributed by atoms with Gasteiger partial charge < -0.3 is 9.64 Å². The van der Waals surface area contributed by atoms with Crippen molar-refractivity contribution >= 4 is 15.9 Å². The Morgan fingerprint density at radius 2 is 2.04 bits per heavy atom. The van der Waals surface area contributed by atoms with E-state index in [1.165, 1.54) is 12.1 Å². The largest absolute Gasteiger partial charge is 0.375 e. The van der Waals surface area contributed by atoms with E-state index < -0.39 is 10.0 Å². The molecule has 0 aromatic heterocycles. The van der Waals surface area contributed by atoms with Crippen molar-refractivity contribution in [3.05, 3.63) is 29.8 Å². The number of nitrogens with zero attached hydrogens (tertiary/aromatic N) is 1. The Kier molecular flexibility index (Phi) is 5.78. The van der Waals surface area contributed by atoms with Gasteiger partial charge in [-0.2, -0.15) is 0 Å². The molecular formula is C16H24N2O4S. The summed E-state index contributed by atoms with van der Waals surface area (Å²) in [5.74, 6) is -0.0982. The van der Waals surface area contributed by atoms with E-state index in [1.54, 1.807) is 17.0 Å². The smallest absolute Gasteiger partial charge is 0.254 e. The molecule has 23 heavy (non-hydrogen) atoms. The molecule has 2 rings (SSSR count). The first-order valence-corrected chi connectivity index (χ1v) is 9.35. The average Bonchev–Trinajstić information content (AvgIpc) is 2.53. The van der Waals surface area contributed by atoms with Crippen molar-refractivity contribution in [3.63, 3.8) is 0 Å². The van der Waals surface area contributed by atoms with Crippen molar-refractivity contribution < 1.29 is 17.9 Å². The topological polar surface area (TPSA) is 75.7 Å². The van der Waals surface area contributed by atoms with Gasteiger partial charge in [0.2, 0.25) is 10.0 Å². The van der Waals surface area contributed by atoms with E-state index in [2.05, 4.69) is 4.72 Å². The molecule has 7 heteroatoms.